The molecule has 0 aromatic heterocycles. The normalized spacial score (nSPS) is 11.8. The van der Waals surface area contributed by atoms with E-state index in [1.54, 1.807) is 38.1 Å². The Balaban J connectivity index is 2.65. The molecule has 0 heterocycles. The lowest BCUT2D eigenvalue weighted by molar-refractivity contribution is -0.138. The zero-order chi connectivity index (χ0) is 15.3. The second kappa shape index (κ2) is 7.04. The van der Waals surface area contributed by atoms with Crippen LogP contribution in [0.15, 0.2) is 28.7 Å². The van der Waals surface area contributed by atoms with E-state index in [1.807, 2.05) is 0 Å². The number of primary amides is 1. The molecule has 1 atom stereocenters. The van der Waals surface area contributed by atoms with Gasteiger partial charge in [0.2, 0.25) is 5.91 Å². The summed E-state index contributed by atoms with van der Waals surface area (Å²) >= 11 is 3.26. The van der Waals surface area contributed by atoms with Crippen LogP contribution in [-0.4, -0.2) is 23.8 Å². The number of hydrogen-bond donors (Lipinski definition) is 3. The van der Waals surface area contributed by atoms with Crippen molar-refractivity contribution in [3.05, 3.63) is 28.7 Å². The first kappa shape index (κ1) is 16.2. The Hall–Kier alpha value is -1.89. The zero-order valence-electron chi connectivity index (χ0n) is 11.1. The SMILES string of the molecule is CC(C)[C@H](NC(=O)C(=O)Nc1ccc(Br)cc1)C(N)=O. The molecule has 1 aromatic carbocycles. The van der Waals surface area contributed by atoms with E-state index in [0.29, 0.717) is 5.69 Å². The molecule has 4 N–H and O–H groups in total. The fourth-order valence-electron chi connectivity index (χ4n) is 1.49. The maximum absolute atomic E-state index is 11.7. The molecule has 0 spiro atoms. The third-order valence-corrected chi connectivity index (χ3v) is 3.10. The fourth-order valence-corrected chi connectivity index (χ4v) is 1.76. The molecule has 0 saturated heterocycles. The predicted octanol–water partition coefficient (Wildman–Crippen LogP) is 1.01. The van der Waals surface area contributed by atoms with Crippen LogP contribution in [0.1, 0.15) is 13.8 Å². The largest absolute Gasteiger partial charge is 0.368 e. The lowest BCUT2D eigenvalue weighted by atomic mass is 10.0. The van der Waals surface area contributed by atoms with Gasteiger partial charge in [0, 0.05) is 10.2 Å². The average molecular weight is 342 g/mol. The molecule has 1 aromatic rings. The third-order valence-electron chi connectivity index (χ3n) is 2.57. The van der Waals surface area contributed by atoms with Crippen molar-refractivity contribution >= 4 is 39.3 Å². The number of halogens is 1. The van der Waals surface area contributed by atoms with Crippen LogP contribution in [0, 0.1) is 5.92 Å². The maximum atomic E-state index is 11.7. The van der Waals surface area contributed by atoms with Crippen LogP contribution < -0.4 is 16.4 Å². The van der Waals surface area contributed by atoms with Crippen molar-refractivity contribution in [1.82, 2.24) is 5.32 Å². The highest BCUT2D eigenvalue weighted by molar-refractivity contribution is 9.10. The van der Waals surface area contributed by atoms with Crippen LogP contribution in [-0.2, 0) is 14.4 Å². The number of amides is 3. The molecule has 3 amide bonds. The first-order valence-corrected chi connectivity index (χ1v) is 6.77. The number of carbonyl (C=O) groups is 3. The lowest BCUT2D eigenvalue weighted by Crippen LogP contribution is -2.50. The van der Waals surface area contributed by atoms with E-state index in [-0.39, 0.29) is 5.92 Å². The number of nitrogens with one attached hydrogen (secondary N) is 2. The molecule has 0 aliphatic rings. The second-order valence-electron chi connectivity index (χ2n) is 4.56. The van der Waals surface area contributed by atoms with Gasteiger partial charge in [0.1, 0.15) is 6.04 Å². The molecule has 108 valence electrons. The van der Waals surface area contributed by atoms with Crippen molar-refractivity contribution in [2.24, 2.45) is 11.7 Å². The predicted molar refractivity (Wildman–Crippen MR) is 78.7 cm³/mol. The molecule has 6 nitrogen and oxygen atoms in total. The summed E-state index contributed by atoms with van der Waals surface area (Å²) in [5.41, 5.74) is 5.64. The quantitative estimate of drug-likeness (QED) is 0.712. The monoisotopic (exact) mass is 341 g/mol. The van der Waals surface area contributed by atoms with Crippen LogP contribution in [0.2, 0.25) is 0 Å². The fraction of sp³-hybridized carbons (Fsp3) is 0.308. The van der Waals surface area contributed by atoms with Crippen LogP contribution in [0.3, 0.4) is 0 Å². The summed E-state index contributed by atoms with van der Waals surface area (Å²) < 4.78 is 0.855. The molecule has 20 heavy (non-hydrogen) atoms. The highest BCUT2D eigenvalue weighted by Gasteiger charge is 2.24. The standard InChI is InChI=1S/C13H16BrN3O3/c1-7(2)10(11(15)18)17-13(20)12(19)16-9-5-3-8(14)4-6-9/h3-7,10H,1-2H3,(H2,15,18)(H,16,19)(H,17,20)/t10-/m0/s1. The first-order chi connectivity index (χ1) is 9.31. The van der Waals surface area contributed by atoms with Crippen LogP contribution in [0.5, 0.6) is 0 Å². The van der Waals surface area contributed by atoms with Gasteiger partial charge in [-0.25, -0.2) is 0 Å². The third kappa shape index (κ3) is 4.65. The minimum Gasteiger partial charge on any atom is -0.368 e. The molecule has 0 unspecified atom stereocenters. The first-order valence-electron chi connectivity index (χ1n) is 5.98. The van der Waals surface area contributed by atoms with Gasteiger partial charge in [0.05, 0.1) is 0 Å². The van der Waals surface area contributed by atoms with E-state index in [9.17, 15) is 14.4 Å². The molecule has 1 rings (SSSR count). The van der Waals surface area contributed by atoms with E-state index in [2.05, 4.69) is 26.6 Å². The Morgan fingerprint density at radius 3 is 2.10 bits per heavy atom. The number of nitrogens with two attached hydrogens (primary N) is 1. The van der Waals surface area contributed by atoms with Crippen LogP contribution >= 0.6 is 15.9 Å². The summed E-state index contributed by atoms with van der Waals surface area (Å²) in [4.78, 5) is 34.5. The summed E-state index contributed by atoms with van der Waals surface area (Å²) in [6.45, 7) is 3.45. The number of hydrogen-bond acceptors (Lipinski definition) is 3. The van der Waals surface area contributed by atoms with Gasteiger partial charge in [-0.3, -0.25) is 14.4 Å². The summed E-state index contributed by atoms with van der Waals surface area (Å²) in [5, 5.41) is 4.74. The Morgan fingerprint density at radius 2 is 1.65 bits per heavy atom. The summed E-state index contributed by atoms with van der Waals surface area (Å²) in [6, 6.07) is 5.87. The maximum Gasteiger partial charge on any atom is 0.313 e. The number of benzene rings is 1. The van der Waals surface area contributed by atoms with E-state index in [4.69, 9.17) is 5.73 Å². The number of carbonyl (C=O) groups excluding carboxylic acids is 3. The molecule has 0 bridgehead atoms. The van der Waals surface area contributed by atoms with Crippen molar-refractivity contribution in [3.63, 3.8) is 0 Å². The Morgan fingerprint density at radius 1 is 1.10 bits per heavy atom. The van der Waals surface area contributed by atoms with Gasteiger partial charge in [-0.15, -0.1) is 0 Å². The van der Waals surface area contributed by atoms with Crippen molar-refractivity contribution in [2.75, 3.05) is 5.32 Å². The molecule has 0 aliphatic heterocycles. The highest BCUT2D eigenvalue weighted by atomic mass is 79.9. The van der Waals surface area contributed by atoms with Gasteiger partial charge in [0.15, 0.2) is 0 Å². The second-order valence-corrected chi connectivity index (χ2v) is 5.47. The molecule has 0 aliphatic carbocycles. The number of rotatable bonds is 4. The van der Waals surface area contributed by atoms with Gasteiger partial charge in [-0.05, 0) is 30.2 Å². The van der Waals surface area contributed by atoms with Crippen molar-refractivity contribution < 1.29 is 14.4 Å². The van der Waals surface area contributed by atoms with Gasteiger partial charge >= 0.3 is 11.8 Å². The molecular weight excluding hydrogens is 326 g/mol. The van der Waals surface area contributed by atoms with Crippen LogP contribution in [0.25, 0.3) is 0 Å². The lowest BCUT2D eigenvalue weighted by Gasteiger charge is -2.18. The number of anilines is 1. The average Bonchev–Trinajstić information content (AvgIpc) is 2.37. The molecular formula is C13H16BrN3O3. The van der Waals surface area contributed by atoms with Gasteiger partial charge < -0.3 is 16.4 Å². The van der Waals surface area contributed by atoms with Crippen molar-refractivity contribution in [2.45, 2.75) is 19.9 Å². The minimum atomic E-state index is -0.898. The van der Waals surface area contributed by atoms with Crippen LogP contribution in [0.4, 0.5) is 5.69 Å². The molecule has 0 fully saturated rings. The van der Waals surface area contributed by atoms with E-state index < -0.39 is 23.8 Å². The molecule has 7 heteroatoms. The van der Waals surface area contributed by atoms with E-state index in [0.717, 1.165) is 4.47 Å². The van der Waals surface area contributed by atoms with Gasteiger partial charge in [0.25, 0.3) is 0 Å². The van der Waals surface area contributed by atoms with Gasteiger partial charge in [-0.2, -0.15) is 0 Å². The van der Waals surface area contributed by atoms with Crippen molar-refractivity contribution in [1.29, 1.82) is 0 Å². The van der Waals surface area contributed by atoms with E-state index in [1.165, 1.54) is 0 Å². The zero-order valence-corrected chi connectivity index (χ0v) is 12.7. The highest BCUT2D eigenvalue weighted by Crippen LogP contribution is 2.13. The summed E-state index contributed by atoms with van der Waals surface area (Å²) in [7, 11) is 0. The summed E-state index contributed by atoms with van der Waals surface area (Å²) in [6.07, 6.45) is 0. The molecule has 0 saturated carbocycles. The van der Waals surface area contributed by atoms with E-state index >= 15 is 0 Å². The summed E-state index contributed by atoms with van der Waals surface area (Å²) in [5.74, 6) is -2.62. The van der Waals surface area contributed by atoms with Gasteiger partial charge in [-0.1, -0.05) is 29.8 Å². The Kier molecular flexibility index (Phi) is 5.69. The topological polar surface area (TPSA) is 101 Å². The molecule has 0 radical (unpaired) electrons. The Labute approximate surface area is 125 Å². The minimum absolute atomic E-state index is 0.197. The Bertz CT molecular complexity index is 514. The van der Waals surface area contributed by atoms with Crippen molar-refractivity contribution in [3.8, 4) is 0 Å². The smallest absolute Gasteiger partial charge is 0.313 e.